The summed E-state index contributed by atoms with van der Waals surface area (Å²) in [5.74, 6) is 2.67. The van der Waals surface area contributed by atoms with Crippen LogP contribution in [0, 0.1) is 12.3 Å². The van der Waals surface area contributed by atoms with Gasteiger partial charge in [-0.25, -0.2) is 0 Å². The van der Waals surface area contributed by atoms with E-state index in [0.29, 0.717) is 0 Å². The summed E-state index contributed by atoms with van der Waals surface area (Å²) in [7, 11) is 0. The Morgan fingerprint density at radius 3 is 2.60 bits per heavy atom. The Morgan fingerprint density at radius 2 is 1.90 bits per heavy atom. The number of morpholine rings is 1. The highest BCUT2D eigenvalue weighted by molar-refractivity contribution is 5.47. The average molecular weight is 272 g/mol. The van der Waals surface area contributed by atoms with Crippen LogP contribution in [0.25, 0.3) is 0 Å². The molecule has 2 rings (SSSR count). The molecule has 1 aromatic carbocycles. The number of hydrogen-bond donors (Lipinski definition) is 1. The maximum Gasteiger partial charge on any atom is 0.0642 e. The fourth-order valence-corrected chi connectivity index (χ4v) is 2.36. The van der Waals surface area contributed by atoms with E-state index in [1.54, 1.807) is 0 Å². The van der Waals surface area contributed by atoms with Gasteiger partial charge in [0.15, 0.2) is 0 Å². The molecule has 1 aromatic rings. The lowest BCUT2D eigenvalue weighted by Gasteiger charge is -2.28. The van der Waals surface area contributed by atoms with Gasteiger partial charge in [0.2, 0.25) is 0 Å². The van der Waals surface area contributed by atoms with Gasteiger partial charge in [-0.15, -0.1) is 12.3 Å². The number of benzene rings is 1. The lowest BCUT2D eigenvalue weighted by atomic mass is 10.2. The molecule has 3 heteroatoms. The molecule has 0 aromatic heterocycles. The van der Waals surface area contributed by atoms with E-state index in [9.17, 15) is 0 Å². The van der Waals surface area contributed by atoms with Crippen molar-refractivity contribution in [3.8, 4) is 12.3 Å². The zero-order valence-corrected chi connectivity index (χ0v) is 12.1. The first-order valence-electron chi connectivity index (χ1n) is 7.46. The summed E-state index contributed by atoms with van der Waals surface area (Å²) < 4.78 is 5.37. The molecule has 0 radical (unpaired) electrons. The smallest absolute Gasteiger partial charge is 0.0642 e. The van der Waals surface area contributed by atoms with Crippen LogP contribution in [0.2, 0.25) is 0 Å². The molecule has 1 heterocycles. The molecular formula is C17H24N2O. The molecular weight excluding hydrogens is 248 g/mol. The molecule has 3 nitrogen and oxygen atoms in total. The van der Waals surface area contributed by atoms with E-state index in [4.69, 9.17) is 11.2 Å². The zero-order chi connectivity index (χ0) is 14.0. The molecule has 20 heavy (non-hydrogen) atoms. The van der Waals surface area contributed by atoms with Crippen LogP contribution in [0.4, 0.5) is 5.69 Å². The van der Waals surface area contributed by atoms with E-state index in [1.165, 1.54) is 11.3 Å². The third-order valence-corrected chi connectivity index (χ3v) is 3.57. The van der Waals surface area contributed by atoms with E-state index in [1.807, 2.05) is 0 Å². The van der Waals surface area contributed by atoms with Gasteiger partial charge in [0.1, 0.15) is 0 Å². The van der Waals surface area contributed by atoms with Crippen LogP contribution in [0.5, 0.6) is 0 Å². The van der Waals surface area contributed by atoms with Gasteiger partial charge in [-0.1, -0.05) is 12.1 Å². The normalized spacial score (nSPS) is 15.1. The van der Waals surface area contributed by atoms with Crippen LogP contribution >= 0.6 is 0 Å². The van der Waals surface area contributed by atoms with Crippen molar-refractivity contribution >= 4 is 5.69 Å². The van der Waals surface area contributed by atoms with Crippen molar-refractivity contribution in [2.24, 2.45) is 0 Å². The largest absolute Gasteiger partial charge is 0.378 e. The number of terminal acetylenes is 1. The first-order chi connectivity index (χ1) is 9.90. The van der Waals surface area contributed by atoms with Gasteiger partial charge in [-0.3, -0.25) is 0 Å². The lowest BCUT2D eigenvalue weighted by molar-refractivity contribution is 0.122. The number of nitrogens with one attached hydrogen (secondary N) is 1. The maximum atomic E-state index is 5.37. The van der Waals surface area contributed by atoms with Crippen molar-refractivity contribution in [1.82, 2.24) is 5.32 Å². The van der Waals surface area contributed by atoms with Crippen LogP contribution < -0.4 is 10.2 Å². The Balaban J connectivity index is 1.70. The number of hydrogen-bond acceptors (Lipinski definition) is 3. The zero-order valence-electron chi connectivity index (χ0n) is 12.1. The van der Waals surface area contributed by atoms with Gasteiger partial charge >= 0.3 is 0 Å². The van der Waals surface area contributed by atoms with Crippen molar-refractivity contribution < 1.29 is 4.74 Å². The van der Waals surface area contributed by atoms with Crippen molar-refractivity contribution in [2.45, 2.75) is 25.8 Å². The Hall–Kier alpha value is -1.50. The average Bonchev–Trinajstić information content (AvgIpc) is 2.52. The van der Waals surface area contributed by atoms with E-state index in [-0.39, 0.29) is 0 Å². The van der Waals surface area contributed by atoms with Gasteiger partial charge in [0, 0.05) is 31.7 Å². The van der Waals surface area contributed by atoms with Crippen LogP contribution in [0.1, 0.15) is 24.8 Å². The molecule has 1 N–H and O–H groups in total. The highest BCUT2D eigenvalue weighted by Crippen LogP contribution is 2.16. The SMILES string of the molecule is C#CCCCCNCc1ccc(N2CCOCC2)cc1. The van der Waals surface area contributed by atoms with Crippen LogP contribution in [-0.4, -0.2) is 32.8 Å². The fourth-order valence-electron chi connectivity index (χ4n) is 2.36. The molecule has 0 spiro atoms. The van der Waals surface area contributed by atoms with Gasteiger partial charge in [0.05, 0.1) is 13.2 Å². The second-order valence-corrected chi connectivity index (χ2v) is 5.10. The van der Waals surface area contributed by atoms with Crippen molar-refractivity contribution in [1.29, 1.82) is 0 Å². The minimum absolute atomic E-state index is 0.834. The summed E-state index contributed by atoms with van der Waals surface area (Å²) in [6, 6.07) is 8.83. The van der Waals surface area contributed by atoms with Gasteiger partial charge in [0.25, 0.3) is 0 Å². The number of nitrogens with zero attached hydrogens (tertiary/aromatic N) is 1. The summed E-state index contributed by atoms with van der Waals surface area (Å²) in [4.78, 5) is 2.38. The fraction of sp³-hybridized carbons (Fsp3) is 0.529. The molecule has 1 aliphatic heterocycles. The minimum atomic E-state index is 0.834. The van der Waals surface area contributed by atoms with Gasteiger partial charge in [-0.2, -0.15) is 0 Å². The molecule has 1 fully saturated rings. The molecule has 1 saturated heterocycles. The topological polar surface area (TPSA) is 24.5 Å². The predicted octanol–water partition coefficient (Wildman–Crippen LogP) is 2.42. The quantitative estimate of drug-likeness (QED) is 0.609. The number of rotatable bonds is 7. The van der Waals surface area contributed by atoms with Crippen molar-refractivity contribution in [3.05, 3.63) is 29.8 Å². The third kappa shape index (κ3) is 4.88. The van der Waals surface area contributed by atoms with Crippen LogP contribution in [0.15, 0.2) is 24.3 Å². The second kappa shape index (κ2) is 8.63. The molecule has 0 unspecified atom stereocenters. The predicted molar refractivity (Wildman–Crippen MR) is 83.9 cm³/mol. The molecule has 0 amide bonds. The van der Waals surface area contributed by atoms with E-state index < -0.39 is 0 Å². The highest BCUT2D eigenvalue weighted by atomic mass is 16.5. The van der Waals surface area contributed by atoms with Crippen LogP contribution in [0.3, 0.4) is 0 Å². The number of anilines is 1. The summed E-state index contributed by atoms with van der Waals surface area (Å²) >= 11 is 0. The van der Waals surface area contributed by atoms with E-state index >= 15 is 0 Å². The van der Waals surface area contributed by atoms with Crippen molar-refractivity contribution in [2.75, 3.05) is 37.7 Å². The summed E-state index contributed by atoms with van der Waals surface area (Å²) in [5.41, 5.74) is 2.63. The second-order valence-electron chi connectivity index (χ2n) is 5.10. The molecule has 0 aliphatic carbocycles. The lowest BCUT2D eigenvalue weighted by Crippen LogP contribution is -2.36. The van der Waals surface area contributed by atoms with Crippen molar-refractivity contribution in [3.63, 3.8) is 0 Å². The van der Waals surface area contributed by atoms with Gasteiger partial charge < -0.3 is 15.0 Å². The Bertz CT molecular complexity index is 416. The maximum absolute atomic E-state index is 5.37. The Kier molecular flexibility index (Phi) is 6.43. The van der Waals surface area contributed by atoms with Gasteiger partial charge in [-0.05, 0) is 37.1 Å². The summed E-state index contributed by atoms with van der Waals surface area (Å²) in [6.07, 6.45) is 8.37. The van der Waals surface area contributed by atoms with E-state index in [2.05, 4.69) is 40.4 Å². The Morgan fingerprint density at radius 1 is 1.15 bits per heavy atom. The molecule has 0 atom stereocenters. The molecule has 1 aliphatic rings. The summed E-state index contributed by atoms with van der Waals surface area (Å²) in [5, 5.41) is 3.46. The van der Waals surface area contributed by atoms with E-state index in [0.717, 1.165) is 58.7 Å². The third-order valence-electron chi connectivity index (χ3n) is 3.57. The Labute approximate surface area is 122 Å². The minimum Gasteiger partial charge on any atom is -0.378 e. The van der Waals surface area contributed by atoms with Crippen LogP contribution in [-0.2, 0) is 11.3 Å². The monoisotopic (exact) mass is 272 g/mol. The number of ether oxygens (including phenoxy) is 1. The first-order valence-corrected chi connectivity index (χ1v) is 7.46. The summed E-state index contributed by atoms with van der Waals surface area (Å²) in [6.45, 7) is 5.62. The molecule has 108 valence electrons. The molecule has 0 bridgehead atoms. The molecule has 0 saturated carbocycles. The highest BCUT2D eigenvalue weighted by Gasteiger charge is 2.10. The number of unbranched alkanes of at least 4 members (excludes halogenated alkanes) is 2. The standard InChI is InChI=1S/C17H24N2O/c1-2-3-4-5-10-18-15-16-6-8-17(9-7-16)19-11-13-20-14-12-19/h1,6-9,18H,3-5,10-15H2. The first kappa shape index (κ1) is 14.9.